The van der Waals surface area contributed by atoms with Crippen LogP contribution in [-0.4, -0.2) is 24.9 Å². The quantitative estimate of drug-likeness (QED) is 0.215. The molecule has 0 aliphatic rings. The highest BCUT2D eigenvalue weighted by Crippen LogP contribution is 2.26. The second-order valence-electron chi connectivity index (χ2n) is 7.67. The zero-order chi connectivity index (χ0) is 25.1. The second-order valence-corrected chi connectivity index (χ2v) is 8.54. The van der Waals surface area contributed by atoms with Crippen LogP contribution in [0.4, 0.5) is 35.2 Å². The maximum Gasteiger partial charge on any atom is 0.222 e. The Labute approximate surface area is 216 Å². The van der Waals surface area contributed by atoms with E-state index in [0.29, 0.717) is 44.7 Å². The Balaban J connectivity index is 1.37. The van der Waals surface area contributed by atoms with Gasteiger partial charge in [0.2, 0.25) is 11.9 Å². The van der Waals surface area contributed by atoms with E-state index in [-0.39, 0.29) is 11.9 Å². The molecule has 0 unspecified atom stereocenters. The highest BCUT2D eigenvalue weighted by atomic mass is 35.5. The normalized spacial score (nSPS) is 10.7. The highest BCUT2D eigenvalue weighted by Gasteiger charge is 2.09. The van der Waals surface area contributed by atoms with E-state index in [1.54, 1.807) is 48.5 Å². The van der Waals surface area contributed by atoms with Crippen LogP contribution in [0, 0.1) is 0 Å². The van der Waals surface area contributed by atoms with Gasteiger partial charge < -0.3 is 22.1 Å². The number of halogens is 2. The van der Waals surface area contributed by atoms with Crippen molar-refractivity contribution in [1.29, 1.82) is 0 Å². The molecule has 3 heterocycles. The number of nitrogen functional groups attached to an aromatic ring is 2. The Bertz CT molecular complexity index is 1410. The molecule has 0 spiro atoms. The Morgan fingerprint density at radius 1 is 0.500 bits per heavy atom. The number of nitrogens with one attached hydrogen (secondary N) is 2. The Morgan fingerprint density at radius 3 is 1.33 bits per heavy atom. The minimum atomic E-state index is 0.130. The number of hydrogen-bond acceptors (Lipinski definition) is 9. The highest BCUT2D eigenvalue weighted by molar-refractivity contribution is 6.30. The molecule has 0 atom stereocenters. The third-order valence-electron chi connectivity index (χ3n) is 5.03. The lowest BCUT2D eigenvalue weighted by Crippen LogP contribution is -2.04. The van der Waals surface area contributed by atoms with Crippen molar-refractivity contribution in [3.8, 4) is 22.5 Å². The molecule has 9 nitrogen and oxygen atoms in total. The van der Waals surface area contributed by atoms with Gasteiger partial charge in [0.05, 0.1) is 11.4 Å². The van der Waals surface area contributed by atoms with Crippen LogP contribution < -0.4 is 22.1 Å². The molecule has 0 aliphatic carbocycles. The van der Waals surface area contributed by atoms with E-state index in [0.717, 1.165) is 11.1 Å². The van der Waals surface area contributed by atoms with Crippen LogP contribution in [0.1, 0.15) is 0 Å². The number of rotatable bonds is 6. The van der Waals surface area contributed by atoms with Gasteiger partial charge in [-0.2, -0.15) is 9.97 Å². The predicted octanol–water partition coefficient (Wildman–Crippen LogP) is 5.95. The monoisotopic (exact) mass is 515 g/mol. The van der Waals surface area contributed by atoms with Gasteiger partial charge in [0.25, 0.3) is 0 Å². The third-order valence-corrected chi connectivity index (χ3v) is 5.53. The minimum Gasteiger partial charge on any atom is -0.368 e. The summed E-state index contributed by atoms with van der Waals surface area (Å²) in [7, 11) is 0. The van der Waals surface area contributed by atoms with E-state index >= 15 is 0 Å². The average molecular weight is 516 g/mol. The fourth-order valence-corrected chi connectivity index (χ4v) is 3.69. The van der Waals surface area contributed by atoms with E-state index in [2.05, 4.69) is 35.6 Å². The van der Waals surface area contributed by atoms with Crippen LogP contribution in [0.15, 0.2) is 78.9 Å². The standard InChI is InChI=1S/C25H19Cl2N9/c26-16-8-4-14(5-9-16)18-12-22(35-24(28)30-18)33-20-2-1-3-21(32-20)34-23-13-19(31-25(29)36-23)15-6-10-17(27)11-7-15/h1-13H,(H6,28,29,30,31,32,33,34,35,36). The fraction of sp³-hybridized carbons (Fsp3) is 0. The van der Waals surface area contributed by atoms with Gasteiger partial charge in [-0.3, -0.25) is 0 Å². The molecule has 0 amide bonds. The minimum absolute atomic E-state index is 0.130. The summed E-state index contributed by atoms with van der Waals surface area (Å²) in [6, 6.07) is 23.6. The van der Waals surface area contributed by atoms with Crippen molar-refractivity contribution in [1.82, 2.24) is 24.9 Å². The van der Waals surface area contributed by atoms with Gasteiger partial charge >= 0.3 is 0 Å². The molecule has 0 saturated heterocycles. The Hall–Kier alpha value is -4.47. The van der Waals surface area contributed by atoms with Gasteiger partial charge in [-0.05, 0) is 36.4 Å². The van der Waals surface area contributed by atoms with E-state index in [9.17, 15) is 0 Å². The van der Waals surface area contributed by atoms with Crippen LogP contribution in [0.2, 0.25) is 10.0 Å². The number of nitrogens with two attached hydrogens (primary N) is 2. The molecule has 5 rings (SSSR count). The summed E-state index contributed by atoms with van der Waals surface area (Å²) >= 11 is 12.0. The van der Waals surface area contributed by atoms with Crippen LogP contribution in [-0.2, 0) is 0 Å². The molecule has 6 N–H and O–H groups in total. The maximum atomic E-state index is 5.99. The molecule has 36 heavy (non-hydrogen) atoms. The zero-order valence-corrected chi connectivity index (χ0v) is 20.2. The van der Waals surface area contributed by atoms with Gasteiger partial charge in [0.15, 0.2) is 0 Å². The molecule has 5 aromatic rings. The van der Waals surface area contributed by atoms with Crippen LogP contribution in [0.3, 0.4) is 0 Å². The van der Waals surface area contributed by atoms with Crippen molar-refractivity contribution in [2.75, 3.05) is 22.1 Å². The molecular formula is C25H19Cl2N9. The lowest BCUT2D eigenvalue weighted by atomic mass is 10.1. The first kappa shape index (κ1) is 23.3. The van der Waals surface area contributed by atoms with E-state index in [1.165, 1.54) is 0 Å². The van der Waals surface area contributed by atoms with Gasteiger partial charge in [0, 0.05) is 33.3 Å². The molecule has 11 heteroatoms. The summed E-state index contributed by atoms with van der Waals surface area (Å²) in [5.74, 6) is 2.33. The Kier molecular flexibility index (Phi) is 6.48. The van der Waals surface area contributed by atoms with Crippen LogP contribution in [0.5, 0.6) is 0 Å². The number of pyridine rings is 1. The summed E-state index contributed by atoms with van der Waals surface area (Å²) in [5.41, 5.74) is 14.9. The molecule has 2 aromatic carbocycles. The SMILES string of the molecule is Nc1nc(Nc2cccc(Nc3cc(-c4ccc(Cl)cc4)nc(N)n3)n2)cc(-c2ccc(Cl)cc2)n1. The predicted molar refractivity (Wildman–Crippen MR) is 145 cm³/mol. The summed E-state index contributed by atoms with van der Waals surface area (Å²) < 4.78 is 0. The number of anilines is 6. The van der Waals surface area contributed by atoms with Crippen molar-refractivity contribution >= 4 is 58.4 Å². The zero-order valence-electron chi connectivity index (χ0n) is 18.7. The molecule has 3 aromatic heterocycles. The smallest absolute Gasteiger partial charge is 0.222 e. The number of nitrogens with zero attached hydrogens (tertiary/aromatic N) is 5. The van der Waals surface area contributed by atoms with E-state index in [1.807, 2.05) is 30.3 Å². The first-order valence-electron chi connectivity index (χ1n) is 10.7. The van der Waals surface area contributed by atoms with Crippen molar-refractivity contribution in [2.45, 2.75) is 0 Å². The first-order valence-corrected chi connectivity index (χ1v) is 11.5. The number of benzene rings is 2. The topological polar surface area (TPSA) is 141 Å². The van der Waals surface area contributed by atoms with Crippen molar-refractivity contribution in [3.63, 3.8) is 0 Å². The van der Waals surface area contributed by atoms with E-state index in [4.69, 9.17) is 34.7 Å². The summed E-state index contributed by atoms with van der Waals surface area (Å²) in [6.07, 6.45) is 0. The number of aromatic nitrogens is 5. The molecule has 0 radical (unpaired) electrons. The molecule has 0 saturated carbocycles. The fourth-order valence-electron chi connectivity index (χ4n) is 3.43. The van der Waals surface area contributed by atoms with Crippen LogP contribution in [0.25, 0.3) is 22.5 Å². The van der Waals surface area contributed by atoms with E-state index < -0.39 is 0 Å². The van der Waals surface area contributed by atoms with Gasteiger partial charge in [-0.1, -0.05) is 53.5 Å². The van der Waals surface area contributed by atoms with Gasteiger partial charge in [-0.25, -0.2) is 15.0 Å². The molecule has 0 fully saturated rings. The van der Waals surface area contributed by atoms with Crippen molar-refractivity contribution in [2.24, 2.45) is 0 Å². The molecule has 0 aliphatic heterocycles. The van der Waals surface area contributed by atoms with Crippen LogP contribution >= 0.6 is 23.2 Å². The molecule has 178 valence electrons. The van der Waals surface area contributed by atoms with Crippen molar-refractivity contribution < 1.29 is 0 Å². The third kappa shape index (κ3) is 5.60. The largest absolute Gasteiger partial charge is 0.368 e. The Morgan fingerprint density at radius 2 is 0.917 bits per heavy atom. The van der Waals surface area contributed by atoms with Crippen molar-refractivity contribution in [3.05, 3.63) is 88.9 Å². The van der Waals surface area contributed by atoms with Gasteiger partial charge in [0.1, 0.15) is 23.3 Å². The maximum absolute atomic E-state index is 5.99. The second kappa shape index (κ2) is 10.0. The molecule has 0 bridgehead atoms. The number of hydrogen-bond donors (Lipinski definition) is 4. The lowest BCUT2D eigenvalue weighted by Gasteiger charge is -2.11. The molecular weight excluding hydrogens is 497 g/mol. The summed E-state index contributed by atoms with van der Waals surface area (Å²) in [6.45, 7) is 0. The summed E-state index contributed by atoms with van der Waals surface area (Å²) in [5, 5.41) is 7.61. The first-order chi connectivity index (χ1) is 17.4. The van der Waals surface area contributed by atoms with Gasteiger partial charge in [-0.15, -0.1) is 0 Å². The summed E-state index contributed by atoms with van der Waals surface area (Å²) in [4.78, 5) is 21.8. The lowest BCUT2D eigenvalue weighted by molar-refractivity contribution is 1.16. The average Bonchev–Trinajstić information content (AvgIpc) is 2.84.